The summed E-state index contributed by atoms with van der Waals surface area (Å²) < 4.78 is 1.00. The molecule has 0 spiro atoms. The van der Waals surface area contributed by atoms with E-state index in [0.29, 0.717) is 0 Å². The van der Waals surface area contributed by atoms with Crippen LogP contribution in [0.3, 0.4) is 0 Å². The highest BCUT2D eigenvalue weighted by molar-refractivity contribution is 9.10. The van der Waals surface area contributed by atoms with Crippen LogP contribution in [0.25, 0.3) is 0 Å². The average molecular weight is 284 g/mol. The summed E-state index contributed by atoms with van der Waals surface area (Å²) in [7, 11) is 0. The molecule has 0 aromatic heterocycles. The fourth-order valence-corrected chi connectivity index (χ4v) is 1.64. The maximum atomic E-state index is 5.56. The molecule has 0 aliphatic carbocycles. The number of aryl methyl sites for hydroxylation is 1. The zero-order valence-electron chi connectivity index (χ0n) is 8.94. The Morgan fingerprint density at radius 1 is 1.31 bits per heavy atom. The molecule has 6 N–H and O–H groups in total. The van der Waals surface area contributed by atoms with Crippen LogP contribution >= 0.6 is 15.9 Å². The third kappa shape index (κ3) is 3.54. The molecule has 0 atom stereocenters. The van der Waals surface area contributed by atoms with Crippen LogP contribution < -0.4 is 17.2 Å². The Morgan fingerprint density at radius 2 is 2.00 bits per heavy atom. The van der Waals surface area contributed by atoms with Crippen LogP contribution in [0.5, 0.6) is 0 Å². The first-order valence-corrected chi connectivity index (χ1v) is 5.54. The number of nitrogens with zero attached hydrogens (tertiary/aromatic N) is 2. The SMILES string of the molecule is CCc1cc(Br)ccc1N=C(N)N=C(N)N. The van der Waals surface area contributed by atoms with Gasteiger partial charge < -0.3 is 17.2 Å². The van der Waals surface area contributed by atoms with Crippen molar-refractivity contribution in [1.82, 2.24) is 0 Å². The van der Waals surface area contributed by atoms with E-state index < -0.39 is 0 Å². The van der Waals surface area contributed by atoms with E-state index >= 15 is 0 Å². The lowest BCUT2D eigenvalue weighted by molar-refractivity contribution is 1.13. The third-order valence-corrected chi connectivity index (χ3v) is 2.39. The summed E-state index contributed by atoms with van der Waals surface area (Å²) in [5.74, 6) is -0.0477. The van der Waals surface area contributed by atoms with Crippen LogP contribution in [-0.4, -0.2) is 11.9 Å². The fourth-order valence-electron chi connectivity index (χ4n) is 1.23. The first kappa shape index (κ1) is 12.5. The van der Waals surface area contributed by atoms with Crippen LogP contribution in [-0.2, 0) is 6.42 Å². The van der Waals surface area contributed by atoms with Gasteiger partial charge in [0.05, 0.1) is 5.69 Å². The Hall–Kier alpha value is -1.56. The summed E-state index contributed by atoms with van der Waals surface area (Å²) in [6.45, 7) is 2.04. The molecule has 0 amide bonds. The maximum absolute atomic E-state index is 5.56. The first-order valence-electron chi connectivity index (χ1n) is 4.75. The van der Waals surface area contributed by atoms with E-state index in [0.717, 1.165) is 22.1 Å². The second-order valence-electron chi connectivity index (χ2n) is 3.13. The molecule has 86 valence electrons. The number of halogens is 1. The number of guanidine groups is 2. The van der Waals surface area contributed by atoms with Crippen LogP contribution in [0.15, 0.2) is 32.7 Å². The summed E-state index contributed by atoms with van der Waals surface area (Å²) in [5.41, 5.74) is 17.8. The predicted molar refractivity (Wildman–Crippen MR) is 70.6 cm³/mol. The highest BCUT2D eigenvalue weighted by Crippen LogP contribution is 2.24. The summed E-state index contributed by atoms with van der Waals surface area (Å²) >= 11 is 3.40. The van der Waals surface area contributed by atoms with Gasteiger partial charge in [-0.05, 0) is 30.2 Å². The summed E-state index contributed by atoms with van der Waals surface area (Å²) in [6.07, 6.45) is 0.855. The van der Waals surface area contributed by atoms with Crippen LogP contribution in [0.2, 0.25) is 0 Å². The molecular weight excluding hydrogens is 270 g/mol. The van der Waals surface area contributed by atoms with Gasteiger partial charge in [-0.15, -0.1) is 0 Å². The van der Waals surface area contributed by atoms with Gasteiger partial charge in [-0.1, -0.05) is 22.9 Å². The van der Waals surface area contributed by atoms with E-state index in [1.807, 2.05) is 25.1 Å². The highest BCUT2D eigenvalue weighted by Gasteiger charge is 2.01. The maximum Gasteiger partial charge on any atom is 0.223 e. The van der Waals surface area contributed by atoms with E-state index in [1.54, 1.807) is 0 Å². The second kappa shape index (κ2) is 5.50. The van der Waals surface area contributed by atoms with E-state index in [1.165, 1.54) is 0 Å². The van der Waals surface area contributed by atoms with Gasteiger partial charge in [0, 0.05) is 4.47 Å². The lowest BCUT2D eigenvalue weighted by Gasteiger charge is -2.03. The first-order chi connectivity index (χ1) is 7.52. The van der Waals surface area contributed by atoms with E-state index in [2.05, 4.69) is 25.9 Å². The van der Waals surface area contributed by atoms with Crippen molar-refractivity contribution in [3.8, 4) is 0 Å². The van der Waals surface area contributed by atoms with Crippen LogP contribution in [0.4, 0.5) is 5.69 Å². The molecule has 0 bridgehead atoms. The molecule has 5 nitrogen and oxygen atoms in total. The summed E-state index contributed by atoms with van der Waals surface area (Å²) in [6, 6.07) is 5.74. The number of hydrogen-bond donors (Lipinski definition) is 3. The third-order valence-electron chi connectivity index (χ3n) is 1.90. The van der Waals surface area contributed by atoms with Crippen molar-refractivity contribution in [3.05, 3.63) is 28.2 Å². The molecule has 1 aromatic rings. The molecule has 6 heteroatoms. The standard InChI is InChI=1S/C10H14BrN5/c1-2-6-5-7(11)3-4-8(6)15-10(14)16-9(12)13/h3-5H,2H2,1H3,(H6,12,13,14,15,16). The zero-order valence-corrected chi connectivity index (χ0v) is 10.5. The minimum absolute atomic E-state index is 0.0528. The van der Waals surface area contributed by atoms with Gasteiger partial charge in [0.1, 0.15) is 0 Å². The van der Waals surface area contributed by atoms with E-state index in [4.69, 9.17) is 17.2 Å². The van der Waals surface area contributed by atoms with Gasteiger partial charge in [0.25, 0.3) is 0 Å². The number of rotatable bonds is 2. The summed E-state index contributed by atoms with van der Waals surface area (Å²) in [4.78, 5) is 7.80. The Labute approximate surface area is 103 Å². The lowest BCUT2D eigenvalue weighted by atomic mass is 10.1. The Bertz CT molecular complexity index is 435. The highest BCUT2D eigenvalue weighted by atomic mass is 79.9. The van der Waals surface area contributed by atoms with Gasteiger partial charge in [0.2, 0.25) is 5.96 Å². The van der Waals surface area contributed by atoms with Crippen molar-refractivity contribution in [2.45, 2.75) is 13.3 Å². The predicted octanol–water partition coefficient (Wildman–Crippen LogP) is 1.23. The normalized spacial score (nSPS) is 11.2. The number of benzene rings is 1. The van der Waals surface area contributed by atoms with Crippen molar-refractivity contribution in [2.75, 3.05) is 0 Å². The molecule has 0 unspecified atom stereocenters. The zero-order chi connectivity index (χ0) is 12.1. The molecule has 0 aliphatic heterocycles. The van der Waals surface area contributed by atoms with Crippen LogP contribution in [0, 0.1) is 0 Å². The van der Waals surface area contributed by atoms with Gasteiger partial charge in [0.15, 0.2) is 5.96 Å². The Balaban J connectivity index is 3.09. The van der Waals surface area contributed by atoms with Crippen molar-refractivity contribution >= 4 is 33.5 Å². The number of aliphatic imine (C=N–C) groups is 2. The average Bonchev–Trinajstić information content (AvgIpc) is 2.19. The molecule has 0 aliphatic rings. The second-order valence-corrected chi connectivity index (χ2v) is 4.05. The molecule has 16 heavy (non-hydrogen) atoms. The number of nitrogens with two attached hydrogens (primary N) is 3. The molecule has 0 fully saturated rings. The molecule has 0 heterocycles. The monoisotopic (exact) mass is 283 g/mol. The molecule has 0 saturated heterocycles. The summed E-state index contributed by atoms with van der Waals surface area (Å²) in [5, 5.41) is 0. The minimum Gasteiger partial charge on any atom is -0.370 e. The van der Waals surface area contributed by atoms with Crippen molar-refractivity contribution in [1.29, 1.82) is 0 Å². The van der Waals surface area contributed by atoms with Crippen molar-refractivity contribution in [3.63, 3.8) is 0 Å². The van der Waals surface area contributed by atoms with Crippen molar-refractivity contribution < 1.29 is 0 Å². The molecular formula is C10H14BrN5. The molecule has 1 aromatic carbocycles. The van der Waals surface area contributed by atoms with Gasteiger partial charge in [-0.2, -0.15) is 4.99 Å². The molecule has 0 radical (unpaired) electrons. The van der Waals surface area contributed by atoms with Gasteiger partial charge in [-0.3, -0.25) is 0 Å². The Morgan fingerprint density at radius 3 is 2.56 bits per heavy atom. The van der Waals surface area contributed by atoms with Gasteiger partial charge in [-0.25, -0.2) is 4.99 Å². The largest absolute Gasteiger partial charge is 0.370 e. The topological polar surface area (TPSA) is 103 Å². The smallest absolute Gasteiger partial charge is 0.223 e. The van der Waals surface area contributed by atoms with E-state index in [-0.39, 0.29) is 11.9 Å². The van der Waals surface area contributed by atoms with Gasteiger partial charge >= 0.3 is 0 Å². The minimum atomic E-state index is -0.101. The molecule has 1 rings (SSSR count). The molecule has 0 saturated carbocycles. The van der Waals surface area contributed by atoms with E-state index in [9.17, 15) is 0 Å². The van der Waals surface area contributed by atoms with Crippen LogP contribution in [0.1, 0.15) is 12.5 Å². The Kier molecular flexibility index (Phi) is 4.30. The quantitative estimate of drug-likeness (QED) is 0.562. The van der Waals surface area contributed by atoms with Crippen molar-refractivity contribution in [2.24, 2.45) is 27.2 Å². The fraction of sp³-hybridized carbons (Fsp3) is 0.200. The number of hydrogen-bond acceptors (Lipinski definition) is 1. The lowest BCUT2D eigenvalue weighted by Crippen LogP contribution is -2.26.